The Morgan fingerprint density at radius 2 is 2.21 bits per heavy atom. The highest BCUT2D eigenvalue weighted by molar-refractivity contribution is 6.31. The van der Waals surface area contributed by atoms with Crippen molar-refractivity contribution in [2.24, 2.45) is 5.73 Å². The third-order valence-electron chi connectivity index (χ3n) is 2.82. The van der Waals surface area contributed by atoms with Crippen LogP contribution in [0.2, 0.25) is 5.02 Å². The highest BCUT2D eigenvalue weighted by Crippen LogP contribution is 2.31. The highest BCUT2D eigenvalue weighted by Gasteiger charge is 2.16. The van der Waals surface area contributed by atoms with E-state index in [0.717, 1.165) is 23.4 Å². The monoisotopic (exact) mass is 207 g/mol. The Morgan fingerprint density at radius 1 is 1.43 bits per heavy atom. The van der Waals surface area contributed by atoms with Crippen molar-refractivity contribution in [3.63, 3.8) is 0 Å². The summed E-state index contributed by atoms with van der Waals surface area (Å²) in [5.74, 6) is 0. The molecular weight excluding hydrogens is 194 g/mol. The number of fused-ring (bicyclic) bond motifs is 1. The molecule has 0 spiro atoms. The summed E-state index contributed by atoms with van der Waals surface area (Å²) < 4.78 is 0. The Kier molecular flexibility index (Phi) is 2.62. The first kappa shape index (κ1) is 9.75. The van der Waals surface area contributed by atoms with Crippen LogP contribution in [0.15, 0.2) is 24.8 Å². The molecule has 1 nitrogen and oxygen atoms in total. The fourth-order valence-corrected chi connectivity index (χ4v) is 2.35. The molecule has 0 saturated heterocycles. The third-order valence-corrected chi connectivity index (χ3v) is 3.16. The summed E-state index contributed by atoms with van der Waals surface area (Å²) in [5, 5.41) is 0.868. The lowest BCUT2D eigenvalue weighted by Gasteiger charge is -2.10. The molecule has 0 aromatic heterocycles. The molecule has 0 fully saturated rings. The van der Waals surface area contributed by atoms with Gasteiger partial charge in [0.1, 0.15) is 0 Å². The Balaban J connectivity index is 2.46. The first-order valence-corrected chi connectivity index (χ1v) is 5.29. The number of aryl methyl sites for hydroxylation is 1. The van der Waals surface area contributed by atoms with E-state index < -0.39 is 0 Å². The molecule has 1 aromatic rings. The molecule has 2 N–H and O–H groups in total. The summed E-state index contributed by atoms with van der Waals surface area (Å²) in [5.41, 5.74) is 9.63. The lowest BCUT2D eigenvalue weighted by molar-refractivity contribution is 0.902. The molecule has 0 amide bonds. The van der Waals surface area contributed by atoms with E-state index in [4.69, 9.17) is 17.3 Å². The summed E-state index contributed by atoms with van der Waals surface area (Å²) in [6.07, 6.45) is 5.19. The van der Waals surface area contributed by atoms with E-state index in [0.29, 0.717) is 0 Å². The van der Waals surface area contributed by atoms with Gasteiger partial charge >= 0.3 is 0 Å². The molecule has 1 aromatic carbocycles. The predicted octanol–water partition coefficient (Wildman–Crippen LogP) is 3.01. The van der Waals surface area contributed by atoms with E-state index in [9.17, 15) is 0 Å². The van der Waals surface area contributed by atoms with Gasteiger partial charge in [-0.2, -0.15) is 0 Å². The molecule has 0 bridgehead atoms. The van der Waals surface area contributed by atoms with Gasteiger partial charge in [0.05, 0.1) is 0 Å². The second-order valence-corrected chi connectivity index (χ2v) is 4.16. The average Bonchev–Trinajstić information content (AvgIpc) is 2.64. The molecule has 0 heterocycles. The fraction of sp³-hybridized carbons (Fsp3) is 0.333. The first-order chi connectivity index (χ1) is 6.72. The van der Waals surface area contributed by atoms with E-state index in [1.165, 1.54) is 17.5 Å². The molecule has 14 heavy (non-hydrogen) atoms. The second-order valence-electron chi connectivity index (χ2n) is 3.76. The van der Waals surface area contributed by atoms with Crippen molar-refractivity contribution in [2.45, 2.75) is 25.3 Å². The lowest BCUT2D eigenvalue weighted by Crippen LogP contribution is -2.07. The SMILES string of the molecule is C=C[C@@H](N)c1cc(Cl)c2c(c1)CCC2. The maximum absolute atomic E-state index is 6.19. The van der Waals surface area contributed by atoms with Crippen LogP contribution in [0.4, 0.5) is 0 Å². The first-order valence-electron chi connectivity index (χ1n) is 4.91. The van der Waals surface area contributed by atoms with Crippen LogP contribution in [-0.4, -0.2) is 0 Å². The zero-order valence-corrected chi connectivity index (χ0v) is 8.85. The topological polar surface area (TPSA) is 26.0 Å². The summed E-state index contributed by atoms with van der Waals surface area (Å²) >= 11 is 6.19. The van der Waals surface area contributed by atoms with E-state index >= 15 is 0 Å². The molecule has 0 saturated carbocycles. The Morgan fingerprint density at radius 3 is 2.93 bits per heavy atom. The van der Waals surface area contributed by atoms with Gasteiger partial charge in [-0.15, -0.1) is 6.58 Å². The third kappa shape index (κ3) is 1.58. The van der Waals surface area contributed by atoms with Crippen LogP contribution in [0.3, 0.4) is 0 Å². The van der Waals surface area contributed by atoms with Gasteiger partial charge in [0, 0.05) is 11.1 Å². The zero-order valence-electron chi connectivity index (χ0n) is 8.09. The van der Waals surface area contributed by atoms with Crippen LogP contribution in [-0.2, 0) is 12.8 Å². The second kappa shape index (κ2) is 3.76. The number of benzene rings is 1. The Labute approximate surface area is 89.6 Å². The number of nitrogens with two attached hydrogens (primary N) is 1. The van der Waals surface area contributed by atoms with Gasteiger partial charge in [-0.1, -0.05) is 23.7 Å². The summed E-state index contributed by atoms with van der Waals surface area (Å²) in [4.78, 5) is 0. The largest absolute Gasteiger partial charge is 0.321 e. The standard InChI is InChI=1S/C12H14ClN/c1-2-12(14)9-6-8-4-3-5-10(8)11(13)7-9/h2,6-7,12H,1,3-5,14H2/t12-/m1/s1. The number of hydrogen-bond donors (Lipinski definition) is 1. The zero-order chi connectivity index (χ0) is 10.1. The highest BCUT2D eigenvalue weighted by atomic mass is 35.5. The van der Waals surface area contributed by atoms with Crippen LogP contribution < -0.4 is 5.73 Å². The van der Waals surface area contributed by atoms with Gasteiger partial charge in [-0.05, 0) is 42.0 Å². The minimum Gasteiger partial charge on any atom is -0.321 e. The smallest absolute Gasteiger partial charge is 0.0479 e. The summed E-state index contributed by atoms with van der Waals surface area (Å²) in [6.45, 7) is 3.69. The molecule has 2 heteroatoms. The lowest BCUT2D eigenvalue weighted by atomic mass is 10.0. The molecule has 1 aliphatic rings. The molecule has 2 rings (SSSR count). The van der Waals surface area contributed by atoms with Gasteiger partial charge in [0.25, 0.3) is 0 Å². The molecule has 0 radical (unpaired) electrons. The molecule has 1 atom stereocenters. The quantitative estimate of drug-likeness (QED) is 0.742. The average molecular weight is 208 g/mol. The van der Waals surface area contributed by atoms with Crippen molar-refractivity contribution in [3.05, 3.63) is 46.5 Å². The van der Waals surface area contributed by atoms with Crippen molar-refractivity contribution < 1.29 is 0 Å². The number of halogens is 1. The molecule has 74 valence electrons. The normalized spacial score (nSPS) is 16.4. The van der Waals surface area contributed by atoms with E-state index in [1.54, 1.807) is 6.08 Å². The van der Waals surface area contributed by atoms with Crippen LogP contribution in [0.1, 0.15) is 29.2 Å². The predicted molar refractivity (Wildman–Crippen MR) is 60.6 cm³/mol. The summed E-state index contributed by atoms with van der Waals surface area (Å²) in [7, 11) is 0. The Bertz CT molecular complexity index is 371. The molecule has 1 aliphatic carbocycles. The maximum Gasteiger partial charge on any atom is 0.0479 e. The van der Waals surface area contributed by atoms with Crippen molar-refractivity contribution in [2.75, 3.05) is 0 Å². The van der Waals surface area contributed by atoms with Crippen molar-refractivity contribution >= 4 is 11.6 Å². The minimum atomic E-state index is -0.0987. The van der Waals surface area contributed by atoms with Crippen molar-refractivity contribution in [1.29, 1.82) is 0 Å². The van der Waals surface area contributed by atoms with E-state index in [1.807, 2.05) is 6.07 Å². The van der Waals surface area contributed by atoms with Gasteiger partial charge < -0.3 is 5.73 Å². The summed E-state index contributed by atoms with van der Waals surface area (Å²) in [6, 6.07) is 4.04. The van der Waals surface area contributed by atoms with E-state index in [2.05, 4.69) is 12.6 Å². The van der Waals surface area contributed by atoms with E-state index in [-0.39, 0.29) is 6.04 Å². The molecule has 0 unspecified atom stereocenters. The van der Waals surface area contributed by atoms with Gasteiger partial charge in [-0.3, -0.25) is 0 Å². The fourth-order valence-electron chi connectivity index (χ4n) is 2.00. The van der Waals surface area contributed by atoms with Crippen LogP contribution >= 0.6 is 11.6 Å². The van der Waals surface area contributed by atoms with Gasteiger partial charge in [0.15, 0.2) is 0 Å². The molecule has 0 aliphatic heterocycles. The minimum absolute atomic E-state index is 0.0987. The van der Waals surface area contributed by atoms with Crippen molar-refractivity contribution in [1.82, 2.24) is 0 Å². The maximum atomic E-state index is 6.19. The number of rotatable bonds is 2. The van der Waals surface area contributed by atoms with Gasteiger partial charge in [0.2, 0.25) is 0 Å². The van der Waals surface area contributed by atoms with Crippen molar-refractivity contribution in [3.8, 4) is 0 Å². The van der Waals surface area contributed by atoms with Gasteiger partial charge in [-0.25, -0.2) is 0 Å². The van der Waals surface area contributed by atoms with Crippen LogP contribution in [0, 0.1) is 0 Å². The number of hydrogen-bond acceptors (Lipinski definition) is 1. The Hall–Kier alpha value is -0.790. The van der Waals surface area contributed by atoms with Crippen LogP contribution in [0.25, 0.3) is 0 Å². The van der Waals surface area contributed by atoms with Crippen LogP contribution in [0.5, 0.6) is 0 Å². The molecular formula is C12H14ClN.